The maximum atomic E-state index is 11.1. The third-order valence-corrected chi connectivity index (χ3v) is 2.51. The van der Waals surface area contributed by atoms with Gasteiger partial charge < -0.3 is 5.11 Å². The molecule has 0 aromatic rings. The number of hydrogen-bond donors (Lipinski definition) is 1. The quantitative estimate of drug-likeness (QED) is 0.524. The largest absolute Gasteiger partial charge is 0.512 e. The summed E-state index contributed by atoms with van der Waals surface area (Å²) in [5, 5.41) is 9.89. The average molecular weight is 185 g/mol. The Morgan fingerprint density at radius 3 is 2.58 bits per heavy atom. The molecule has 0 aromatic heterocycles. The summed E-state index contributed by atoms with van der Waals surface area (Å²) in [5.74, 6) is 0.846. The molecule has 0 aliphatic carbocycles. The molecule has 66 valence electrons. The molecule has 1 N–H and O–H groups in total. The van der Waals surface area contributed by atoms with Crippen LogP contribution in [0.15, 0.2) is 16.3 Å². The third-order valence-electron chi connectivity index (χ3n) is 1.51. The molecule has 1 aliphatic rings. The lowest BCUT2D eigenvalue weighted by Gasteiger charge is -2.02. The summed E-state index contributed by atoms with van der Waals surface area (Å²) in [6.07, 6.45) is 0. The lowest BCUT2D eigenvalue weighted by atomic mass is 10.2. The molecule has 1 rings (SSSR count). The van der Waals surface area contributed by atoms with Crippen LogP contribution in [0.25, 0.3) is 0 Å². The first-order valence-electron chi connectivity index (χ1n) is 3.71. The molecule has 0 spiro atoms. The molecule has 0 saturated carbocycles. The number of allylic oxidation sites excluding steroid dienone is 1. The van der Waals surface area contributed by atoms with Crippen molar-refractivity contribution in [3.05, 3.63) is 11.3 Å². The Morgan fingerprint density at radius 1 is 1.58 bits per heavy atom. The second-order valence-electron chi connectivity index (χ2n) is 2.55. The number of thioether (sulfide) groups is 1. The number of aliphatic hydroxyl groups excluding tert-OH is 1. The minimum Gasteiger partial charge on any atom is -0.512 e. The molecule has 0 fully saturated rings. The minimum absolute atomic E-state index is 0.0654. The second-order valence-corrected chi connectivity index (χ2v) is 3.64. The van der Waals surface area contributed by atoms with E-state index >= 15 is 0 Å². The molecule has 3 nitrogen and oxygen atoms in total. The van der Waals surface area contributed by atoms with E-state index in [-0.39, 0.29) is 11.5 Å². The van der Waals surface area contributed by atoms with Crippen LogP contribution < -0.4 is 0 Å². The van der Waals surface area contributed by atoms with E-state index in [2.05, 4.69) is 4.99 Å². The van der Waals surface area contributed by atoms with E-state index < -0.39 is 0 Å². The van der Waals surface area contributed by atoms with E-state index in [4.69, 9.17) is 0 Å². The fourth-order valence-electron chi connectivity index (χ4n) is 1.05. The number of Topliss-reactive ketones (excluding diaryl/α,β-unsaturated/α-hetero) is 1. The van der Waals surface area contributed by atoms with Crippen molar-refractivity contribution in [2.45, 2.75) is 13.8 Å². The molecule has 0 saturated heterocycles. The molecule has 1 aliphatic heterocycles. The first-order chi connectivity index (χ1) is 5.63. The van der Waals surface area contributed by atoms with Gasteiger partial charge in [-0.3, -0.25) is 9.79 Å². The Balaban J connectivity index is 2.95. The fourth-order valence-corrected chi connectivity index (χ4v) is 2.04. The number of hydrogen-bond acceptors (Lipinski definition) is 4. The zero-order chi connectivity index (χ0) is 9.14. The normalized spacial score (nSPS) is 18.7. The van der Waals surface area contributed by atoms with Crippen molar-refractivity contribution in [3.63, 3.8) is 0 Å². The van der Waals surface area contributed by atoms with Gasteiger partial charge in [-0.2, -0.15) is 0 Å². The number of aliphatic imine (C=N–C) groups is 1. The molecule has 0 aromatic carbocycles. The number of nitrogens with zero attached hydrogens (tertiary/aromatic N) is 1. The van der Waals surface area contributed by atoms with E-state index in [0.717, 1.165) is 12.3 Å². The van der Waals surface area contributed by atoms with Crippen LogP contribution in [-0.2, 0) is 4.79 Å². The minimum atomic E-state index is -0.122. The summed E-state index contributed by atoms with van der Waals surface area (Å²) >= 11 is 1.52. The van der Waals surface area contributed by atoms with Gasteiger partial charge >= 0.3 is 0 Å². The van der Waals surface area contributed by atoms with Crippen molar-refractivity contribution < 1.29 is 9.90 Å². The maximum Gasteiger partial charge on any atom is 0.165 e. The molecule has 0 bridgehead atoms. The summed E-state index contributed by atoms with van der Waals surface area (Å²) < 4.78 is 0. The van der Waals surface area contributed by atoms with Gasteiger partial charge in [-0.05, 0) is 13.8 Å². The van der Waals surface area contributed by atoms with Crippen LogP contribution in [0.3, 0.4) is 0 Å². The third kappa shape index (κ3) is 1.88. The van der Waals surface area contributed by atoms with Crippen LogP contribution in [0.2, 0.25) is 0 Å². The van der Waals surface area contributed by atoms with Crippen molar-refractivity contribution in [2.75, 3.05) is 12.3 Å². The van der Waals surface area contributed by atoms with Gasteiger partial charge in [0, 0.05) is 12.3 Å². The Kier molecular flexibility index (Phi) is 2.92. The molecule has 0 radical (unpaired) electrons. The highest BCUT2D eigenvalue weighted by Gasteiger charge is 2.18. The van der Waals surface area contributed by atoms with Gasteiger partial charge in [0.25, 0.3) is 0 Å². The lowest BCUT2D eigenvalue weighted by molar-refractivity contribution is -0.113. The van der Waals surface area contributed by atoms with Crippen molar-refractivity contribution >= 4 is 22.6 Å². The van der Waals surface area contributed by atoms with Gasteiger partial charge in [0.15, 0.2) is 5.78 Å². The standard InChI is InChI=1S/C8H11NO2S/c1-5(10)7(6(2)11)8-9-3-4-12-8/h10H,3-4H2,1-2H3/b7-5-. The summed E-state index contributed by atoms with van der Waals surface area (Å²) in [6.45, 7) is 3.69. The zero-order valence-electron chi connectivity index (χ0n) is 7.13. The summed E-state index contributed by atoms with van der Waals surface area (Å²) in [7, 11) is 0. The molecule has 0 amide bonds. The molecule has 12 heavy (non-hydrogen) atoms. The van der Waals surface area contributed by atoms with Gasteiger partial charge in [-0.15, -0.1) is 11.8 Å². The summed E-state index contributed by atoms with van der Waals surface area (Å²) in [4.78, 5) is 15.2. The van der Waals surface area contributed by atoms with E-state index in [1.807, 2.05) is 0 Å². The van der Waals surface area contributed by atoms with E-state index in [1.165, 1.54) is 25.6 Å². The highest BCUT2D eigenvalue weighted by Crippen LogP contribution is 2.20. The first kappa shape index (κ1) is 9.32. The van der Waals surface area contributed by atoms with Crippen LogP contribution in [0.1, 0.15) is 13.8 Å². The van der Waals surface area contributed by atoms with E-state index in [1.54, 1.807) is 0 Å². The van der Waals surface area contributed by atoms with E-state index in [9.17, 15) is 9.90 Å². The Morgan fingerprint density at radius 2 is 2.25 bits per heavy atom. The van der Waals surface area contributed by atoms with Crippen LogP contribution in [0, 0.1) is 0 Å². The highest BCUT2D eigenvalue weighted by atomic mass is 32.2. The highest BCUT2D eigenvalue weighted by molar-refractivity contribution is 8.14. The number of ketones is 1. The van der Waals surface area contributed by atoms with Crippen LogP contribution in [0.4, 0.5) is 0 Å². The molecule has 0 atom stereocenters. The molecule has 4 heteroatoms. The van der Waals surface area contributed by atoms with Crippen molar-refractivity contribution in [3.8, 4) is 0 Å². The monoisotopic (exact) mass is 185 g/mol. The molecular formula is C8H11NO2S. The number of rotatable bonds is 2. The fraction of sp³-hybridized carbons (Fsp3) is 0.500. The Labute approximate surface area is 75.6 Å². The number of aliphatic hydroxyl groups is 1. The zero-order valence-corrected chi connectivity index (χ0v) is 7.94. The second kappa shape index (κ2) is 3.76. The molecule has 0 unspecified atom stereocenters. The van der Waals surface area contributed by atoms with Gasteiger partial charge in [0.1, 0.15) is 10.8 Å². The molecular weight excluding hydrogens is 174 g/mol. The first-order valence-corrected chi connectivity index (χ1v) is 4.70. The van der Waals surface area contributed by atoms with Crippen LogP contribution in [-0.4, -0.2) is 28.2 Å². The SMILES string of the molecule is CC(=O)/C(C1=NCCS1)=C(\C)O. The topological polar surface area (TPSA) is 49.7 Å². The summed E-state index contributed by atoms with van der Waals surface area (Å²) in [6, 6.07) is 0. The van der Waals surface area contributed by atoms with Crippen LogP contribution >= 0.6 is 11.8 Å². The number of carbonyl (C=O) groups excluding carboxylic acids is 1. The number of carbonyl (C=O) groups is 1. The summed E-state index contributed by atoms with van der Waals surface area (Å²) in [5.41, 5.74) is 0.373. The van der Waals surface area contributed by atoms with Gasteiger partial charge in [0.05, 0.1) is 5.57 Å². The van der Waals surface area contributed by atoms with E-state index in [0.29, 0.717) is 10.6 Å². The molecule has 1 heterocycles. The average Bonchev–Trinajstić information content (AvgIpc) is 2.37. The maximum absolute atomic E-state index is 11.1. The Hall–Kier alpha value is -0.770. The van der Waals surface area contributed by atoms with Crippen LogP contribution in [0.5, 0.6) is 0 Å². The Bertz CT molecular complexity index is 264. The van der Waals surface area contributed by atoms with Gasteiger partial charge in [0.2, 0.25) is 0 Å². The van der Waals surface area contributed by atoms with Gasteiger partial charge in [-0.1, -0.05) is 0 Å². The predicted molar refractivity (Wildman–Crippen MR) is 50.8 cm³/mol. The van der Waals surface area contributed by atoms with Crippen molar-refractivity contribution in [1.82, 2.24) is 0 Å². The van der Waals surface area contributed by atoms with Crippen molar-refractivity contribution in [2.24, 2.45) is 4.99 Å². The van der Waals surface area contributed by atoms with Gasteiger partial charge in [-0.25, -0.2) is 0 Å². The lowest BCUT2D eigenvalue weighted by Crippen LogP contribution is -2.07. The predicted octanol–water partition coefficient (Wildman–Crippen LogP) is 1.55. The smallest absolute Gasteiger partial charge is 0.165 e. The van der Waals surface area contributed by atoms with Crippen molar-refractivity contribution in [1.29, 1.82) is 0 Å².